The molecule has 0 saturated carbocycles. The summed E-state index contributed by atoms with van der Waals surface area (Å²) in [6.07, 6.45) is 1.42. The van der Waals surface area contributed by atoms with Crippen molar-refractivity contribution in [1.29, 1.82) is 0 Å². The van der Waals surface area contributed by atoms with Crippen molar-refractivity contribution in [2.45, 2.75) is 46.6 Å². The lowest BCUT2D eigenvalue weighted by molar-refractivity contribution is -0.384. The van der Waals surface area contributed by atoms with E-state index in [0.717, 1.165) is 25.9 Å². The molecule has 1 unspecified atom stereocenters. The van der Waals surface area contributed by atoms with E-state index >= 15 is 0 Å². The molecule has 1 aromatic carbocycles. The molecule has 1 rings (SSSR count). The van der Waals surface area contributed by atoms with E-state index in [0.29, 0.717) is 17.2 Å². The normalized spacial score (nSPS) is 12.5. The first kappa shape index (κ1) is 17.4. The number of nitrogens with zero attached hydrogens (tertiary/aromatic N) is 2. The first-order valence-electron chi connectivity index (χ1n) is 7.65. The van der Waals surface area contributed by atoms with Gasteiger partial charge in [-0.2, -0.15) is 0 Å². The molecule has 118 valence electrons. The molecule has 0 aliphatic heterocycles. The second-order valence-corrected chi connectivity index (χ2v) is 5.40. The first-order chi connectivity index (χ1) is 9.94. The van der Waals surface area contributed by atoms with Crippen LogP contribution >= 0.6 is 0 Å². The van der Waals surface area contributed by atoms with Gasteiger partial charge in [-0.1, -0.05) is 32.8 Å². The third kappa shape index (κ3) is 4.43. The van der Waals surface area contributed by atoms with Gasteiger partial charge in [0.05, 0.1) is 11.0 Å². The van der Waals surface area contributed by atoms with Gasteiger partial charge in [-0.15, -0.1) is 0 Å². The molecule has 0 aromatic heterocycles. The van der Waals surface area contributed by atoms with Crippen LogP contribution in [0.15, 0.2) is 18.2 Å². The summed E-state index contributed by atoms with van der Waals surface area (Å²) in [6.45, 7) is 9.46. The molecule has 1 N–H and O–H groups in total. The predicted molar refractivity (Wildman–Crippen MR) is 85.7 cm³/mol. The molecule has 0 spiro atoms. The van der Waals surface area contributed by atoms with Crippen molar-refractivity contribution in [3.8, 4) is 0 Å². The summed E-state index contributed by atoms with van der Waals surface area (Å²) in [4.78, 5) is 13.0. The molecule has 0 radical (unpaired) electrons. The van der Waals surface area contributed by atoms with Crippen LogP contribution in [0, 0.1) is 16.0 Å². The highest BCUT2D eigenvalue weighted by Gasteiger charge is 2.21. The quantitative estimate of drug-likeness (QED) is 0.583. The van der Waals surface area contributed by atoms with Crippen molar-refractivity contribution in [2.24, 2.45) is 5.92 Å². The number of hydrogen-bond acceptors (Lipinski definition) is 4. The number of nitro groups is 1. The third-order valence-corrected chi connectivity index (χ3v) is 4.03. The molecule has 21 heavy (non-hydrogen) atoms. The van der Waals surface area contributed by atoms with E-state index in [-0.39, 0.29) is 10.6 Å². The number of rotatable bonds is 8. The molecule has 0 aliphatic rings. The Morgan fingerprint density at radius 1 is 1.29 bits per heavy atom. The molecule has 0 saturated heterocycles. The lowest BCUT2D eigenvalue weighted by Crippen LogP contribution is -2.29. The Balaban J connectivity index is 3.16. The van der Waals surface area contributed by atoms with E-state index in [1.54, 1.807) is 19.1 Å². The fourth-order valence-corrected chi connectivity index (χ4v) is 2.47. The fraction of sp³-hybridized carbons (Fsp3) is 0.625. The van der Waals surface area contributed by atoms with E-state index < -0.39 is 6.10 Å². The zero-order valence-electron chi connectivity index (χ0n) is 13.4. The molecule has 1 aromatic rings. The minimum absolute atomic E-state index is 0.0706. The number of aliphatic hydroxyl groups is 1. The third-order valence-electron chi connectivity index (χ3n) is 4.03. The van der Waals surface area contributed by atoms with Crippen LogP contribution in [0.25, 0.3) is 0 Å². The smallest absolute Gasteiger partial charge is 0.292 e. The Hall–Kier alpha value is -1.62. The van der Waals surface area contributed by atoms with Crippen LogP contribution in [0.2, 0.25) is 0 Å². The largest absolute Gasteiger partial charge is 0.389 e. The zero-order valence-corrected chi connectivity index (χ0v) is 13.4. The Bertz CT molecular complexity index is 471. The molecule has 0 aliphatic carbocycles. The molecule has 5 nitrogen and oxygen atoms in total. The summed E-state index contributed by atoms with van der Waals surface area (Å²) in [5, 5.41) is 20.9. The van der Waals surface area contributed by atoms with Crippen LogP contribution in [-0.2, 0) is 0 Å². The summed E-state index contributed by atoms with van der Waals surface area (Å²) in [5.41, 5.74) is 1.28. The lowest BCUT2D eigenvalue weighted by Gasteiger charge is -2.27. The number of hydrogen-bond donors (Lipinski definition) is 1. The molecule has 0 amide bonds. The molecule has 0 bridgehead atoms. The maximum atomic E-state index is 11.3. The van der Waals surface area contributed by atoms with Crippen molar-refractivity contribution in [3.63, 3.8) is 0 Å². The van der Waals surface area contributed by atoms with E-state index in [1.807, 2.05) is 6.92 Å². The average molecular weight is 294 g/mol. The second-order valence-electron chi connectivity index (χ2n) is 5.40. The summed E-state index contributed by atoms with van der Waals surface area (Å²) in [5.74, 6) is 0.529. The lowest BCUT2D eigenvalue weighted by atomic mass is 10.0. The summed E-state index contributed by atoms with van der Waals surface area (Å²) in [7, 11) is 0. The Morgan fingerprint density at radius 3 is 2.33 bits per heavy atom. The fourth-order valence-electron chi connectivity index (χ4n) is 2.47. The summed E-state index contributed by atoms with van der Waals surface area (Å²) in [6, 6.07) is 5.00. The van der Waals surface area contributed by atoms with E-state index in [9.17, 15) is 15.2 Å². The van der Waals surface area contributed by atoms with Gasteiger partial charge in [-0.3, -0.25) is 10.1 Å². The highest BCUT2D eigenvalue weighted by atomic mass is 16.6. The second kappa shape index (κ2) is 7.98. The Labute approximate surface area is 126 Å². The minimum atomic E-state index is -0.702. The minimum Gasteiger partial charge on any atom is -0.389 e. The van der Waals surface area contributed by atoms with Gasteiger partial charge in [-0.05, 0) is 31.4 Å². The summed E-state index contributed by atoms with van der Waals surface area (Å²) >= 11 is 0. The van der Waals surface area contributed by atoms with Gasteiger partial charge in [0.1, 0.15) is 5.69 Å². The Morgan fingerprint density at radius 2 is 1.90 bits per heavy atom. The highest BCUT2D eigenvalue weighted by molar-refractivity contribution is 5.64. The van der Waals surface area contributed by atoms with Crippen LogP contribution in [0.4, 0.5) is 11.4 Å². The van der Waals surface area contributed by atoms with E-state index in [1.165, 1.54) is 6.07 Å². The van der Waals surface area contributed by atoms with Crippen LogP contribution in [-0.4, -0.2) is 23.1 Å². The van der Waals surface area contributed by atoms with Crippen molar-refractivity contribution in [1.82, 2.24) is 0 Å². The van der Waals surface area contributed by atoms with E-state index in [4.69, 9.17) is 0 Å². The van der Waals surface area contributed by atoms with Crippen LogP contribution in [0.1, 0.15) is 52.2 Å². The SMILES string of the molecule is CCC(CC)CN(CC)c1ccc(C(C)O)cc1[N+](=O)[O-]. The number of nitro benzene ring substituents is 1. The van der Waals surface area contributed by atoms with Crippen molar-refractivity contribution in [2.75, 3.05) is 18.0 Å². The first-order valence-corrected chi connectivity index (χ1v) is 7.65. The topological polar surface area (TPSA) is 66.6 Å². The van der Waals surface area contributed by atoms with Crippen LogP contribution in [0.3, 0.4) is 0 Å². The molecule has 0 heterocycles. The van der Waals surface area contributed by atoms with Crippen molar-refractivity contribution >= 4 is 11.4 Å². The number of benzene rings is 1. The van der Waals surface area contributed by atoms with Gasteiger partial charge in [0, 0.05) is 19.2 Å². The average Bonchev–Trinajstić information content (AvgIpc) is 2.48. The van der Waals surface area contributed by atoms with Gasteiger partial charge in [0.25, 0.3) is 5.69 Å². The van der Waals surface area contributed by atoms with E-state index in [2.05, 4.69) is 18.7 Å². The van der Waals surface area contributed by atoms with Gasteiger partial charge < -0.3 is 10.0 Å². The van der Waals surface area contributed by atoms with Gasteiger partial charge in [0.2, 0.25) is 0 Å². The predicted octanol–water partition coefficient (Wildman–Crippen LogP) is 3.91. The molecule has 1 atom stereocenters. The zero-order chi connectivity index (χ0) is 16.0. The van der Waals surface area contributed by atoms with Gasteiger partial charge >= 0.3 is 0 Å². The van der Waals surface area contributed by atoms with Crippen LogP contribution in [0.5, 0.6) is 0 Å². The number of aliphatic hydroxyl groups excluding tert-OH is 1. The van der Waals surface area contributed by atoms with Crippen molar-refractivity contribution in [3.05, 3.63) is 33.9 Å². The standard InChI is InChI=1S/C16H26N2O3/c1-5-13(6-2)11-17(7-3)15-9-8-14(12(4)19)10-16(15)18(20)21/h8-10,12-13,19H,5-7,11H2,1-4H3. The summed E-state index contributed by atoms with van der Waals surface area (Å²) < 4.78 is 0. The maximum Gasteiger partial charge on any atom is 0.292 e. The molecule has 5 heteroatoms. The highest BCUT2D eigenvalue weighted by Crippen LogP contribution is 2.32. The molecule has 0 fully saturated rings. The van der Waals surface area contributed by atoms with Gasteiger partial charge in [0.15, 0.2) is 0 Å². The molecular formula is C16H26N2O3. The Kier molecular flexibility index (Phi) is 6.62. The van der Waals surface area contributed by atoms with Gasteiger partial charge in [-0.25, -0.2) is 0 Å². The maximum absolute atomic E-state index is 11.3. The number of anilines is 1. The molecular weight excluding hydrogens is 268 g/mol. The van der Waals surface area contributed by atoms with Crippen molar-refractivity contribution < 1.29 is 10.0 Å². The van der Waals surface area contributed by atoms with Crippen LogP contribution < -0.4 is 4.90 Å². The monoisotopic (exact) mass is 294 g/mol.